The van der Waals surface area contributed by atoms with Gasteiger partial charge in [0.15, 0.2) is 0 Å². The molecule has 0 aromatic rings. The van der Waals surface area contributed by atoms with Crippen LogP contribution in [0, 0.1) is 11.8 Å². The van der Waals surface area contributed by atoms with Crippen LogP contribution in [-0.2, 0) is 9.53 Å². The van der Waals surface area contributed by atoms with Gasteiger partial charge in [0.05, 0.1) is 7.11 Å². The van der Waals surface area contributed by atoms with Crippen LogP contribution < -0.4 is 5.32 Å². The van der Waals surface area contributed by atoms with Crippen LogP contribution in [0.15, 0.2) is 0 Å². The molecule has 1 aliphatic rings. The lowest BCUT2D eigenvalue weighted by Gasteiger charge is -2.31. The number of carbonyl (C=O) groups excluding carboxylic acids is 1. The number of hydrogen-bond acceptors (Lipinski definition) is 4. The predicted octanol–water partition coefficient (Wildman–Crippen LogP) is 1.12. The lowest BCUT2D eigenvalue weighted by Crippen LogP contribution is -2.55. The van der Waals surface area contributed by atoms with Crippen molar-refractivity contribution in [3.63, 3.8) is 0 Å². The van der Waals surface area contributed by atoms with E-state index in [1.807, 2.05) is 14.0 Å². The molecule has 2 unspecified atom stereocenters. The number of carbonyl (C=O) groups is 1. The number of likely N-dealkylation sites (N-methyl/N-ethyl adjacent to an activating group) is 1. The van der Waals surface area contributed by atoms with Crippen LogP contribution in [0.4, 0.5) is 0 Å². The number of ether oxygens (including phenoxy) is 1. The molecule has 4 heteroatoms. The fourth-order valence-corrected chi connectivity index (χ4v) is 2.47. The molecule has 0 spiro atoms. The molecular weight excluding hydrogens is 216 g/mol. The molecular formula is C13H26N2O2. The second kappa shape index (κ2) is 5.83. The van der Waals surface area contributed by atoms with Gasteiger partial charge in [-0.1, -0.05) is 13.8 Å². The summed E-state index contributed by atoms with van der Waals surface area (Å²) in [4.78, 5) is 14.1. The van der Waals surface area contributed by atoms with Crippen LogP contribution in [0.5, 0.6) is 0 Å². The molecule has 1 saturated heterocycles. The highest BCUT2D eigenvalue weighted by atomic mass is 16.5. The zero-order valence-electron chi connectivity index (χ0n) is 11.7. The van der Waals surface area contributed by atoms with Crippen LogP contribution in [-0.4, -0.2) is 50.2 Å². The van der Waals surface area contributed by atoms with Crippen LogP contribution in [0.2, 0.25) is 0 Å². The third kappa shape index (κ3) is 3.42. The molecule has 0 aromatic heterocycles. The Bertz CT molecular complexity index is 268. The first kappa shape index (κ1) is 14.5. The highest BCUT2D eigenvalue weighted by Gasteiger charge is 2.37. The normalized spacial score (nSPS) is 24.9. The fourth-order valence-electron chi connectivity index (χ4n) is 2.47. The minimum Gasteiger partial charge on any atom is -0.468 e. The van der Waals surface area contributed by atoms with Crippen molar-refractivity contribution >= 4 is 5.97 Å². The quantitative estimate of drug-likeness (QED) is 0.734. The van der Waals surface area contributed by atoms with E-state index in [1.54, 1.807) is 0 Å². The molecule has 0 amide bonds. The van der Waals surface area contributed by atoms with Crippen molar-refractivity contribution in [3.05, 3.63) is 0 Å². The second-order valence-electron chi connectivity index (χ2n) is 5.60. The van der Waals surface area contributed by atoms with Gasteiger partial charge in [-0.25, -0.2) is 0 Å². The summed E-state index contributed by atoms with van der Waals surface area (Å²) >= 11 is 0. The maximum Gasteiger partial charge on any atom is 0.327 e. The lowest BCUT2D eigenvalue weighted by atomic mass is 9.95. The first-order chi connectivity index (χ1) is 7.92. The van der Waals surface area contributed by atoms with Crippen LogP contribution in [0.1, 0.15) is 27.2 Å². The van der Waals surface area contributed by atoms with E-state index in [9.17, 15) is 4.79 Å². The summed E-state index contributed by atoms with van der Waals surface area (Å²) < 4.78 is 4.86. The molecule has 0 radical (unpaired) electrons. The lowest BCUT2D eigenvalue weighted by molar-refractivity contribution is -0.148. The van der Waals surface area contributed by atoms with Gasteiger partial charge in [-0.3, -0.25) is 4.79 Å². The number of esters is 1. The summed E-state index contributed by atoms with van der Waals surface area (Å²) in [5.41, 5.74) is -0.597. The average molecular weight is 242 g/mol. The Morgan fingerprint density at radius 1 is 1.59 bits per heavy atom. The molecule has 4 nitrogen and oxygen atoms in total. The minimum atomic E-state index is -0.597. The summed E-state index contributed by atoms with van der Waals surface area (Å²) in [6.45, 7) is 9.33. The van der Waals surface area contributed by atoms with Gasteiger partial charge in [-0.05, 0) is 38.8 Å². The van der Waals surface area contributed by atoms with E-state index in [2.05, 4.69) is 24.1 Å². The maximum absolute atomic E-state index is 11.8. The molecule has 0 aliphatic carbocycles. The fraction of sp³-hybridized carbons (Fsp3) is 0.923. The van der Waals surface area contributed by atoms with Gasteiger partial charge < -0.3 is 15.0 Å². The highest BCUT2D eigenvalue weighted by molar-refractivity contribution is 5.80. The second-order valence-corrected chi connectivity index (χ2v) is 5.60. The molecule has 1 fully saturated rings. The van der Waals surface area contributed by atoms with E-state index in [0.29, 0.717) is 0 Å². The molecule has 17 heavy (non-hydrogen) atoms. The van der Waals surface area contributed by atoms with Gasteiger partial charge in [0.1, 0.15) is 5.54 Å². The zero-order chi connectivity index (χ0) is 13.1. The highest BCUT2D eigenvalue weighted by Crippen LogP contribution is 2.25. The molecule has 2 atom stereocenters. The Labute approximate surface area is 105 Å². The third-order valence-corrected chi connectivity index (χ3v) is 3.98. The van der Waals surface area contributed by atoms with E-state index in [1.165, 1.54) is 13.5 Å². The van der Waals surface area contributed by atoms with Crippen molar-refractivity contribution in [1.82, 2.24) is 10.2 Å². The van der Waals surface area contributed by atoms with Crippen molar-refractivity contribution in [2.75, 3.05) is 33.8 Å². The number of hydrogen-bond donors (Lipinski definition) is 1. The predicted molar refractivity (Wildman–Crippen MR) is 68.9 cm³/mol. The molecule has 0 aromatic carbocycles. The molecule has 1 heterocycles. The van der Waals surface area contributed by atoms with E-state index in [-0.39, 0.29) is 5.97 Å². The SMILES string of the molecule is CNC(C)(CN1CCC(C(C)C)C1)C(=O)OC. The maximum atomic E-state index is 11.8. The van der Waals surface area contributed by atoms with Crippen LogP contribution >= 0.6 is 0 Å². The van der Waals surface area contributed by atoms with E-state index in [4.69, 9.17) is 4.74 Å². The van der Waals surface area contributed by atoms with Gasteiger partial charge in [-0.2, -0.15) is 0 Å². The van der Waals surface area contributed by atoms with Crippen LogP contribution in [0.3, 0.4) is 0 Å². The van der Waals surface area contributed by atoms with Crippen LogP contribution in [0.25, 0.3) is 0 Å². The summed E-state index contributed by atoms with van der Waals surface area (Å²) in [5.74, 6) is 1.29. The zero-order valence-corrected chi connectivity index (χ0v) is 11.7. The summed E-state index contributed by atoms with van der Waals surface area (Å²) in [7, 11) is 3.26. The molecule has 1 rings (SSSR count). The minimum absolute atomic E-state index is 0.187. The molecule has 0 bridgehead atoms. The topological polar surface area (TPSA) is 41.6 Å². The Morgan fingerprint density at radius 3 is 2.65 bits per heavy atom. The largest absolute Gasteiger partial charge is 0.468 e. The van der Waals surface area contributed by atoms with Crippen molar-refractivity contribution in [1.29, 1.82) is 0 Å². The number of methoxy groups -OCH3 is 1. The van der Waals surface area contributed by atoms with Crippen molar-refractivity contribution in [3.8, 4) is 0 Å². The van der Waals surface area contributed by atoms with E-state index < -0.39 is 5.54 Å². The van der Waals surface area contributed by atoms with Gasteiger partial charge in [0.2, 0.25) is 0 Å². The third-order valence-electron chi connectivity index (χ3n) is 3.98. The first-order valence-electron chi connectivity index (χ1n) is 6.42. The van der Waals surface area contributed by atoms with E-state index >= 15 is 0 Å². The Morgan fingerprint density at radius 2 is 2.24 bits per heavy atom. The smallest absolute Gasteiger partial charge is 0.327 e. The van der Waals surface area contributed by atoms with Gasteiger partial charge in [0.25, 0.3) is 0 Å². The summed E-state index contributed by atoms with van der Waals surface area (Å²) in [5, 5.41) is 3.08. The monoisotopic (exact) mass is 242 g/mol. The summed E-state index contributed by atoms with van der Waals surface area (Å²) in [6, 6.07) is 0. The number of nitrogens with zero attached hydrogens (tertiary/aromatic N) is 1. The van der Waals surface area contributed by atoms with Gasteiger partial charge in [0, 0.05) is 13.1 Å². The number of likely N-dealkylation sites (tertiary alicyclic amines) is 1. The summed E-state index contributed by atoms with van der Waals surface area (Å²) in [6.07, 6.45) is 1.23. The Hall–Kier alpha value is -0.610. The van der Waals surface area contributed by atoms with Crippen molar-refractivity contribution < 1.29 is 9.53 Å². The first-order valence-corrected chi connectivity index (χ1v) is 6.42. The van der Waals surface area contributed by atoms with E-state index in [0.717, 1.165) is 31.5 Å². The Balaban J connectivity index is 2.56. The van der Waals surface area contributed by atoms with Crippen molar-refractivity contribution in [2.45, 2.75) is 32.7 Å². The number of rotatable bonds is 5. The molecule has 100 valence electrons. The van der Waals surface area contributed by atoms with Crippen molar-refractivity contribution in [2.24, 2.45) is 11.8 Å². The molecule has 1 aliphatic heterocycles. The van der Waals surface area contributed by atoms with Gasteiger partial charge >= 0.3 is 5.97 Å². The standard InChI is InChI=1S/C13H26N2O2/c1-10(2)11-6-7-15(8-11)9-13(3,14-4)12(16)17-5/h10-11,14H,6-9H2,1-5H3. The number of nitrogens with one attached hydrogen (secondary N) is 1. The molecule has 1 N–H and O–H groups in total. The average Bonchev–Trinajstić information content (AvgIpc) is 2.76. The van der Waals surface area contributed by atoms with Gasteiger partial charge in [-0.15, -0.1) is 0 Å². The molecule has 0 saturated carbocycles. The Kier molecular flexibility index (Phi) is 4.95.